The van der Waals surface area contributed by atoms with Crippen molar-refractivity contribution >= 4 is 27.9 Å². The molecule has 1 amide bonds. The second kappa shape index (κ2) is 5.42. The number of carbonyl (C=O) groups excluding carboxylic acids is 1. The molecule has 0 aliphatic rings. The number of nitrogens with one attached hydrogen (secondary N) is 1. The summed E-state index contributed by atoms with van der Waals surface area (Å²) in [5.41, 5.74) is 3.84. The molecule has 0 radical (unpaired) electrons. The fourth-order valence-corrected chi connectivity index (χ4v) is 2.82. The van der Waals surface area contributed by atoms with E-state index in [1.807, 2.05) is 32.9 Å². The summed E-state index contributed by atoms with van der Waals surface area (Å²) in [6, 6.07) is 6.78. The van der Waals surface area contributed by atoms with E-state index in [0.29, 0.717) is 4.88 Å². The topological polar surface area (TPSA) is 72.2 Å². The van der Waals surface area contributed by atoms with Crippen molar-refractivity contribution in [3.8, 4) is 0 Å². The summed E-state index contributed by atoms with van der Waals surface area (Å²) in [5, 5.41) is 13.4. The first-order valence-corrected chi connectivity index (χ1v) is 6.83. The molecule has 6 heteroatoms. The first-order valence-electron chi connectivity index (χ1n) is 6.02. The average Bonchev–Trinajstić information content (AvgIpc) is 2.83. The van der Waals surface area contributed by atoms with Crippen LogP contribution in [-0.2, 0) is 0 Å². The largest absolute Gasteiger partial charge is 0.324 e. The van der Waals surface area contributed by atoms with Crippen LogP contribution in [0.15, 0.2) is 24.3 Å². The molecule has 1 aromatic heterocycles. The van der Waals surface area contributed by atoms with E-state index in [2.05, 4.69) is 5.32 Å². The normalized spacial score (nSPS) is 10.3. The molecule has 1 N–H and O–H groups in total. The van der Waals surface area contributed by atoms with Crippen LogP contribution in [0.5, 0.6) is 0 Å². The van der Waals surface area contributed by atoms with Crippen LogP contribution in [0.2, 0.25) is 0 Å². The molecular formula is C14H14N2O3S. The molecule has 1 heterocycles. The molecule has 0 bridgehead atoms. The Morgan fingerprint density at radius 2 is 1.80 bits per heavy atom. The molecule has 1 aromatic carbocycles. The van der Waals surface area contributed by atoms with Crippen molar-refractivity contribution in [2.24, 2.45) is 0 Å². The molecule has 5 nitrogen and oxygen atoms in total. The van der Waals surface area contributed by atoms with Gasteiger partial charge in [-0.25, -0.2) is 0 Å². The highest BCUT2D eigenvalue weighted by Crippen LogP contribution is 2.27. The van der Waals surface area contributed by atoms with Gasteiger partial charge in [-0.1, -0.05) is 29.0 Å². The summed E-state index contributed by atoms with van der Waals surface area (Å²) in [6.07, 6.45) is 0. The standard InChI is InChI=1S/C14H14N2O3S/c1-8-6-9(2)13(10(3)7-8)15-14(17)11-4-5-12(20-11)16(18)19/h4-7H,1-3H3,(H,15,17). The van der Waals surface area contributed by atoms with Gasteiger partial charge in [-0.05, 0) is 38.0 Å². The van der Waals surface area contributed by atoms with Gasteiger partial charge < -0.3 is 5.32 Å². The Morgan fingerprint density at radius 3 is 2.30 bits per heavy atom. The van der Waals surface area contributed by atoms with Crippen LogP contribution in [0.25, 0.3) is 0 Å². The van der Waals surface area contributed by atoms with Crippen LogP contribution < -0.4 is 5.32 Å². The van der Waals surface area contributed by atoms with Gasteiger partial charge >= 0.3 is 5.00 Å². The number of rotatable bonds is 3. The minimum atomic E-state index is -0.496. The van der Waals surface area contributed by atoms with E-state index in [9.17, 15) is 14.9 Å². The highest BCUT2D eigenvalue weighted by atomic mass is 32.1. The SMILES string of the molecule is Cc1cc(C)c(NC(=O)c2ccc([N+](=O)[O-])s2)c(C)c1. The molecule has 0 spiro atoms. The minimum absolute atomic E-state index is 0.0347. The third-order valence-electron chi connectivity index (χ3n) is 2.91. The zero-order valence-electron chi connectivity index (χ0n) is 11.4. The number of aryl methyl sites for hydroxylation is 3. The molecule has 0 saturated heterocycles. The third-order valence-corrected chi connectivity index (χ3v) is 3.95. The fourth-order valence-electron chi connectivity index (χ4n) is 2.10. The van der Waals surface area contributed by atoms with E-state index in [4.69, 9.17) is 0 Å². The van der Waals surface area contributed by atoms with Crippen molar-refractivity contribution in [1.29, 1.82) is 0 Å². The van der Waals surface area contributed by atoms with Gasteiger partial charge in [0.15, 0.2) is 0 Å². The zero-order chi connectivity index (χ0) is 14.9. The number of thiophene rings is 1. The quantitative estimate of drug-likeness (QED) is 0.689. The lowest BCUT2D eigenvalue weighted by Crippen LogP contribution is -2.12. The Morgan fingerprint density at radius 1 is 1.20 bits per heavy atom. The average molecular weight is 290 g/mol. The summed E-state index contributed by atoms with van der Waals surface area (Å²) < 4.78 is 0. The van der Waals surface area contributed by atoms with E-state index in [-0.39, 0.29) is 10.9 Å². The lowest BCUT2D eigenvalue weighted by molar-refractivity contribution is -0.380. The molecule has 0 aliphatic heterocycles. The van der Waals surface area contributed by atoms with Gasteiger partial charge in [0.05, 0.1) is 9.80 Å². The molecule has 2 aromatic rings. The van der Waals surface area contributed by atoms with Crippen molar-refractivity contribution in [3.05, 3.63) is 55.9 Å². The molecule has 0 fully saturated rings. The Hall–Kier alpha value is -2.21. The van der Waals surface area contributed by atoms with E-state index in [1.165, 1.54) is 12.1 Å². The minimum Gasteiger partial charge on any atom is -0.321 e. The number of carbonyl (C=O) groups is 1. The molecule has 2 rings (SSSR count). The summed E-state index contributed by atoms with van der Waals surface area (Å²) in [4.78, 5) is 22.6. The molecule has 0 unspecified atom stereocenters. The lowest BCUT2D eigenvalue weighted by Gasteiger charge is -2.12. The second-order valence-corrected chi connectivity index (χ2v) is 5.69. The Kier molecular flexibility index (Phi) is 3.85. The van der Waals surface area contributed by atoms with Crippen molar-refractivity contribution in [3.63, 3.8) is 0 Å². The second-order valence-electron chi connectivity index (χ2n) is 4.62. The van der Waals surface area contributed by atoms with Crippen LogP contribution in [0.3, 0.4) is 0 Å². The number of amides is 1. The number of benzene rings is 1. The molecular weight excluding hydrogens is 276 g/mol. The predicted molar refractivity (Wildman–Crippen MR) is 79.6 cm³/mol. The van der Waals surface area contributed by atoms with Crippen molar-refractivity contribution < 1.29 is 9.72 Å². The Bertz CT molecular complexity index is 668. The Labute approximate surface area is 120 Å². The monoisotopic (exact) mass is 290 g/mol. The summed E-state index contributed by atoms with van der Waals surface area (Å²) in [6.45, 7) is 5.84. The summed E-state index contributed by atoms with van der Waals surface area (Å²) in [5.74, 6) is -0.321. The third kappa shape index (κ3) is 2.85. The van der Waals surface area contributed by atoms with E-state index in [1.54, 1.807) is 0 Å². The first kappa shape index (κ1) is 14.2. The van der Waals surface area contributed by atoms with Gasteiger partial charge in [-0.2, -0.15) is 0 Å². The van der Waals surface area contributed by atoms with Gasteiger partial charge in [0.1, 0.15) is 0 Å². The highest BCUT2D eigenvalue weighted by molar-refractivity contribution is 7.17. The molecule has 0 saturated carbocycles. The number of nitrogens with zero attached hydrogens (tertiary/aromatic N) is 1. The van der Waals surface area contributed by atoms with Gasteiger partial charge in [-0.15, -0.1) is 0 Å². The van der Waals surface area contributed by atoms with Gasteiger partial charge in [0, 0.05) is 11.8 Å². The molecule has 20 heavy (non-hydrogen) atoms. The van der Waals surface area contributed by atoms with E-state index < -0.39 is 4.92 Å². The van der Waals surface area contributed by atoms with Gasteiger partial charge in [-0.3, -0.25) is 14.9 Å². The maximum Gasteiger partial charge on any atom is 0.324 e. The van der Waals surface area contributed by atoms with Crippen LogP contribution in [0, 0.1) is 30.9 Å². The lowest BCUT2D eigenvalue weighted by atomic mass is 10.1. The summed E-state index contributed by atoms with van der Waals surface area (Å²) >= 11 is 0.872. The predicted octanol–water partition coefficient (Wildman–Crippen LogP) is 3.83. The first-order chi connectivity index (χ1) is 9.38. The number of hydrogen-bond donors (Lipinski definition) is 1. The number of nitro groups is 1. The highest BCUT2D eigenvalue weighted by Gasteiger charge is 2.16. The Balaban J connectivity index is 2.25. The van der Waals surface area contributed by atoms with Gasteiger partial charge in [0.25, 0.3) is 5.91 Å². The molecule has 104 valence electrons. The van der Waals surface area contributed by atoms with Crippen LogP contribution >= 0.6 is 11.3 Å². The zero-order valence-corrected chi connectivity index (χ0v) is 12.2. The van der Waals surface area contributed by atoms with E-state index >= 15 is 0 Å². The molecule has 0 aliphatic carbocycles. The van der Waals surface area contributed by atoms with Crippen molar-refractivity contribution in [2.75, 3.05) is 5.32 Å². The number of hydrogen-bond acceptors (Lipinski definition) is 4. The van der Waals surface area contributed by atoms with E-state index in [0.717, 1.165) is 33.7 Å². The maximum absolute atomic E-state index is 12.1. The van der Waals surface area contributed by atoms with Crippen LogP contribution in [0.1, 0.15) is 26.4 Å². The number of anilines is 1. The van der Waals surface area contributed by atoms with Crippen LogP contribution in [-0.4, -0.2) is 10.8 Å². The molecule has 0 atom stereocenters. The van der Waals surface area contributed by atoms with Crippen molar-refractivity contribution in [1.82, 2.24) is 0 Å². The smallest absolute Gasteiger partial charge is 0.321 e. The fraction of sp³-hybridized carbons (Fsp3) is 0.214. The summed E-state index contributed by atoms with van der Waals surface area (Å²) in [7, 11) is 0. The van der Waals surface area contributed by atoms with Crippen LogP contribution in [0.4, 0.5) is 10.7 Å². The van der Waals surface area contributed by atoms with Gasteiger partial charge in [0.2, 0.25) is 0 Å². The maximum atomic E-state index is 12.1. The van der Waals surface area contributed by atoms with Crippen molar-refractivity contribution in [2.45, 2.75) is 20.8 Å².